The Bertz CT molecular complexity index is 413. The molecule has 4 heteroatoms. The summed E-state index contributed by atoms with van der Waals surface area (Å²) in [5.41, 5.74) is 1.55. The van der Waals surface area contributed by atoms with Crippen LogP contribution in [-0.4, -0.2) is 24.5 Å². The molecule has 0 aliphatic carbocycles. The molecule has 0 aliphatic heterocycles. The van der Waals surface area contributed by atoms with Crippen molar-refractivity contribution in [2.45, 2.75) is 26.9 Å². The normalized spacial score (nSPS) is 10.1. The number of rotatable bonds is 4. The summed E-state index contributed by atoms with van der Waals surface area (Å²) in [6, 6.07) is 7.18. The van der Waals surface area contributed by atoms with Crippen LogP contribution in [0.25, 0.3) is 0 Å². The van der Waals surface area contributed by atoms with E-state index in [9.17, 15) is 9.59 Å². The van der Waals surface area contributed by atoms with Crippen LogP contribution in [0.1, 0.15) is 29.8 Å². The van der Waals surface area contributed by atoms with Gasteiger partial charge < -0.3 is 10.1 Å². The van der Waals surface area contributed by atoms with E-state index in [1.165, 1.54) is 0 Å². The fourth-order valence-corrected chi connectivity index (χ4v) is 1.35. The smallest absolute Gasteiger partial charge is 0.325 e. The Balaban J connectivity index is 2.48. The molecule has 0 atom stereocenters. The molecule has 0 saturated heterocycles. The summed E-state index contributed by atoms with van der Waals surface area (Å²) in [6.07, 6.45) is -0.168. The topological polar surface area (TPSA) is 55.4 Å². The second kappa shape index (κ2) is 6.03. The molecule has 0 saturated carbocycles. The lowest BCUT2D eigenvalue weighted by atomic mass is 10.1. The lowest BCUT2D eigenvalue weighted by molar-refractivity contribution is -0.146. The number of ether oxygens (including phenoxy) is 1. The van der Waals surface area contributed by atoms with Crippen LogP contribution in [0.4, 0.5) is 0 Å². The van der Waals surface area contributed by atoms with Crippen LogP contribution >= 0.6 is 0 Å². The van der Waals surface area contributed by atoms with E-state index in [4.69, 9.17) is 4.74 Å². The van der Waals surface area contributed by atoms with Gasteiger partial charge in [-0.3, -0.25) is 9.59 Å². The van der Waals surface area contributed by atoms with Crippen molar-refractivity contribution in [3.63, 3.8) is 0 Å². The molecular formula is C13H17NO3. The van der Waals surface area contributed by atoms with Crippen LogP contribution in [0.15, 0.2) is 24.3 Å². The molecule has 0 spiro atoms. The average Bonchev–Trinajstić information content (AvgIpc) is 2.25. The third-order valence-electron chi connectivity index (χ3n) is 2.04. The van der Waals surface area contributed by atoms with Gasteiger partial charge in [0.2, 0.25) is 0 Å². The summed E-state index contributed by atoms with van der Waals surface area (Å²) in [6.45, 7) is 5.33. The molecule has 0 bridgehead atoms. The van der Waals surface area contributed by atoms with Gasteiger partial charge in [0, 0.05) is 5.56 Å². The van der Waals surface area contributed by atoms with Crippen molar-refractivity contribution in [1.29, 1.82) is 0 Å². The fourth-order valence-electron chi connectivity index (χ4n) is 1.35. The first-order chi connectivity index (χ1) is 7.99. The molecule has 0 heterocycles. The van der Waals surface area contributed by atoms with E-state index in [0.29, 0.717) is 5.56 Å². The van der Waals surface area contributed by atoms with Crippen molar-refractivity contribution in [1.82, 2.24) is 5.32 Å². The van der Waals surface area contributed by atoms with Crippen molar-refractivity contribution in [2.75, 3.05) is 6.54 Å². The zero-order valence-corrected chi connectivity index (χ0v) is 10.3. The maximum absolute atomic E-state index is 11.7. The van der Waals surface area contributed by atoms with Crippen LogP contribution in [0.3, 0.4) is 0 Å². The van der Waals surface area contributed by atoms with Crippen LogP contribution in [0.2, 0.25) is 0 Å². The van der Waals surface area contributed by atoms with Crippen molar-refractivity contribution in [2.24, 2.45) is 0 Å². The van der Waals surface area contributed by atoms with Crippen LogP contribution in [-0.2, 0) is 9.53 Å². The predicted molar refractivity (Wildman–Crippen MR) is 64.7 cm³/mol. The standard InChI is InChI=1S/C13H17NO3/c1-9(2)17-12(15)8-14-13(16)11-6-4-5-10(3)7-11/h4-7,9H,8H2,1-3H3,(H,14,16). The number of aryl methyl sites for hydroxylation is 1. The minimum Gasteiger partial charge on any atom is -0.462 e. The van der Waals surface area contributed by atoms with Crippen LogP contribution in [0, 0.1) is 6.92 Å². The number of amides is 1. The lowest BCUT2D eigenvalue weighted by Crippen LogP contribution is -2.31. The highest BCUT2D eigenvalue weighted by atomic mass is 16.5. The Hall–Kier alpha value is -1.84. The fraction of sp³-hybridized carbons (Fsp3) is 0.385. The highest BCUT2D eigenvalue weighted by Gasteiger charge is 2.09. The lowest BCUT2D eigenvalue weighted by Gasteiger charge is -2.09. The molecule has 0 unspecified atom stereocenters. The highest BCUT2D eigenvalue weighted by Crippen LogP contribution is 2.03. The first-order valence-corrected chi connectivity index (χ1v) is 5.53. The van der Waals surface area contributed by atoms with Gasteiger partial charge in [-0.25, -0.2) is 0 Å². The maximum Gasteiger partial charge on any atom is 0.325 e. The number of nitrogens with one attached hydrogen (secondary N) is 1. The van der Waals surface area contributed by atoms with Gasteiger partial charge in [0.25, 0.3) is 5.91 Å². The second-order valence-electron chi connectivity index (χ2n) is 4.09. The zero-order chi connectivity index (χ0) is 12.8. The van der Waals surface area contributed by atoms with Gasteiger partial charge in [-0.2, -0.15) is 0 Å². The van der Waals surface area contributed by atoms with Crippen LogP contribution in [0.5, 0.6) is 0 Å². The average molecular weight is 235 g/mol. The van der Waals surface area contributed by atoms with E-state index in [2.05, 4.69) is 5.32 Å². The number of benzene rings is 1. The first-order valence-electron chi connectivity index (χ1n) is 5.53. The zero-order valence-electron chi connectivity index (χ0n) is 10.3. The van der Waals surface area contributed by atoms with Gasteiger partial charge >= 0.3 is 5.97 Å². The molecule has 0 radical (unpaired) electrons. The second-order valence-corrected chi connectivity index (χ2v) is 4.09. The minimum atomic E-state index is -0.430. The summed E-state index contributed by atoms with van der Waals surface area (Å²) in [4.78, 5) is 22.9. The van der Waals surface area contributed by atoms with Gasteiger partial charge in [0.05, 0.1) is 6.10 Å². The van der Waals surface area contributed by atoms with E-state index < -0.39 is 5.97 Å². The number of carbonyl (C=O) groups is 2. The maximum atomic E-state index is 11.7. The Morgan fingerprint density at radius 3 is 2.65 bits per heavy atom. The molecule has 0 fully saturated rings. The molecule has 1 amide bonds. The molecule has 4 nitrogen and oxygen atoms in total. The molecule has 0 aromatic heterocycles. The molecule has 1 aromatic carbocycles. The summed E-state index contributed by atoms with van der Waals surface area (Å²) >= 11 is 0. The minimum absolute atomic E-state index is 0.106. The van der Waals surface area contributed by atoms with Gasteiger partial charge in [0.15, 0.2) is 0 Å². The molecule has 0 aliphatic rings. The summed E-state index contributed by atoms with van der Waals surface area (Å²) < 4.78 is 4.91. The summed E-state index contributed by atoms with van der Waals surface area (Å²) in [5, 5.41) is 2.52. The van der Waals surface area contributed by atoms with E-state index in [1.54, 1.807) is 32.0 Å². The van der Waals surface area contributed by atoms with Crippen molar-refractivity contribution in [3.8, 4) is 0 Å². The Morgan fingerprint density at radius 2 is 2.06 bits per heavy atom. The van der Waals surface area contributed by atoms with Gasteiger partial charge in [-0.05, 0) is 32.9 Å². The van der Waals surface area contributed by atoms with E-state index in [-0.39, 0.29) is 18.6 Å². The third-order valence-corrected chi connectivity index (χ3v) is 2.04. The Labute approximate surface area is 101 Å². The van der Waals surface area contributed by atoms with E-state index in [1.807, 2.05) is 13.0 Å². The van der Waals surface area contributed by atoms with Gasteiger partial charge in [-0.1, -0.05) is 17.7 Å². The number of hydrogen-bond donors (Lipinski definition) is 1. The number of carbonyl (C=O) groups excluding carboxylic acids is 2. The molecule has 92 valence electrons. The van der Waals surface area contributed by atoms with Crippen molar-refractivity contribution in [3.05, 3.63) is 35.4 Å². The summed E-state index contributed by atoms with van der Waals surface area (Å²) in [5.74, 6) is -0.699. The van der Waals surface area contributed by atoms with E-state index >= 15 is 0 Å². The van der Waals surface area contributed by atoms with Crippen LogP contribution < -0.4 is 5.32 Å². The van der Waals surface area contributed by atoms with E-state index in [0.717, 1.165) is 5.56 Å². The molecule has 1 aromatic rings. The largest absolute Gasteiger partial charge is 0.462 e. The SMILES string of the molecule is Cc1cccc(C(=O)NCC(=O)OC(C)C)c1. The van der Waals surface area contributed by atoms with Crippen molar-refractivity contribution >= 4 is 11.9 Å². The quantitative estimate of drug-likeness (QED) is 0.808. The summed E-state index contributed by atoms with van der Waals surface area (Å²) in [7, 11) is 0. The molecular weight excluding hydrogens is 218 g/mol. The highest BCUT2D eigenvalue weighted by molar-refractivity contribution is 5.96. The molecule has 17 heavy (non-hydrogen) atoms. The predicted octanol–water partition coefficient (Wildman–Crippen LogP) is 1.68. The first kappa shape index (κ1) is 13.2. The van der Waals surface area contributed by atoms with Gasteiger partial charge in [-0.15, -0.1) is 0 Å². The Kier molecular flexibility index (Phi) is 4.69. The van der Waals surface area contributed by atoms with Crippen molar-refractivity contribution < 1.29 is 14.3 Å². The third kappa shape index (κ3) is 4.68. The molecule has 1 rings (SSSR count). The number of hydrogen-bond acceptors (Lipinski definition) is 3. The monoisotopic (exact) mass is 235 g/mol. The number of esters is 1. The van der Waals surface area contributed by atoms with Gasteiger partial charge in [0.1, 0.15) is 6.54 Å². The Morgan fingerprint density at radius 1 is 1.35 bits per heavy atom. The molecule has 1 N–H and O–H groups in total.